The summed E-state index contributed by atoms with van der Waals surface area (Å²) in [7, 11) is 3.13. The Labute approximate surface area is 158 Å². The number of nitrogens with zero attached hydrogens (tertiary/aromatic N) is 1. The summed E-state index contributed by atoms with van der Waals surface area (Å²) < 4.78 is 23.3. The molecule has 1 aliphatic heterocycles. The number of rotatable bonds is 8. The van der Waals surface area contributed by atoms with Crippen molar-refractivity contribution < 1.29 is 18.8 Å². The van der Waals surface area contributed by atoms with Crippen LogP contribution in [-0.4, -0.2) is 56.6 Å². The molecule has 0 unspecified atom stereocenters. The predicted octanol–water partition coefficient (Wildman–Crippen LogP) is 2.61. The Morgan fingerprint density at radius 3 is 2.31 bits per heavy atom. The van der Waals surface area contributed by atoms with Crippen LogP contribution in [0.5, 0.6) is 5.75 Å². The second kappa shape index (κ2) is 7.51. The molecule has 0 N–H and O–H groups in total. The van der Waals surface area contributed by atoms with Crippen LogP contribution in [0, 0.1) is 0 Å². The highest BCUT2D eigenvalue weighted by molar-refractivity contribution is 6.62. The third kappa shape index (κ3) is 4.09. The van der Waals surface area contributed by atoms with Crippen molar-refractivity contribution in [2.24, 2.45) is 0 Å². The van der Waals surface area contributed by atoms with Crippen LogP contribution in [0.1, 0.15) is 46.1 Å². The number of ether oxygens (including phenoxy) is 2. The van der Waals surface area contributed by atoms with E-state index in [1.165, 1.54) is 18.4 Å². The molecule has 0 aromatic heterocycles. The Balaban J connectivity index is 1.80. The second-order valence-electron chi connectivity index (χ2n) is 8.35. The average molecular weight is 361 g/mol. The highest BCUT2D eigenvalue weighted by Crippen LogP contribution is 2.37. The van der Waals surface area contributed by atoms with Gasteiger partial charge in [0.25, 0.3) is 0 Å². The number of benzene rings is 1. The van der Waals surface area contributed by atoms with Gasteiger partial charge in [-0.25, -0.2) is 0 Å². The van der Waals surface area contributed by atoms with Gasteiger partial charge in [-0.15, -0.1) is 0 Å². The fourth-order valence-corrected chi connectivity index (χ4v) is 3.31. The SMILES string of the molecule is COCCN(Cc1cc(B2OC(C)(C)C(C)(C)O2)ccc1OC)C1CC1. The summed E-state index contributed by atoms with van der Waals surface area (Å²) in [6.07, 6.45) is 2.53. The standard InChI is InChI=1S/C20H32BNO4/c1-19(2)20(3,4)26-21(25-19)16-7-10-18(24-6)15(13-16)14-22(11-12-23-5)17-8-9-17/h7,10,13,17H,8-9,11-12,14H2,1-6H3. The molecule has 3 rings (SSSR count). The van der Waals surface area contributed by atoms with Crippen LogP contribution in [-0.2, 0) is 20.6 Å². The van der Waals surface area contributed by atoms with Gasteiger partial charge in [0.05, 0.1) is 24.9 Å². The molecule has 1 aliphatic carbocycles. The van der Waals surface area contributed by atoms with Crippen LogP contribution >= 0.6 is 0 Å². The molecular formula is C20H32BNO4. The van der Waals surface area contributed by atoms with Crippen molar-refractivity contribution in [3.8, 4) is 5.75 Å². The summed E-state index contributed by atoms with van der Waals surface area (Å²) in [5, 5.41) is 0. The van der Waals surface area contributed by atoms with Crippen molar-refractivity contribution in [3.63, 3.8) is 0 Å². The largest absolute Gasteiger partial charge is 0.496 e. The molecule has 1 aromatic rings. The average Bonchev–Trinajstić information content (AvgIpc) is 3.39. The lowest BCUT2D eigenvalue weighted by Crippen LogP contribution is -2.41. The maximum atomic E-state index is 6.21. The molecule has 0 radical (unpaired) electrons. The van der Waals surface area contributed by atoms with E-state index in [0.29, 0.717) is 6.04 Å². The molecule has 0 amide bonds. The first-order valence-corrected chi connectivity index (χ1v) is 9.53. The first-order valence-electron chi connectivity index (χ1n) is 9.53. The molecule has 144 valence electrons. The summed E-state index contributed by atoms with van der Waals surface area (Å²) >= 11 is 0. The van der Waals surface area contributed by atoms with Crippen LogP contribution < -0.4 is 10.2 Å². The van der Waals surface area contributed by atoms with Crippen molar-refractivity contribution in [2.45, 2.75) is 64.3 Å². The Morgan fingerprint density at radius 1 is 1.12 bits per heavy atom. The summed E-state index contributed by atoms with van der Waals surface area (Å²) in [6, 6.07) is 6.90. The van der Waals surface area contributed by atoms with Gasteiger partial charge in [0.2, 0.25) is 0 Å². The van der Waals surface area contributed by atoms with E-state index in [9.17, 15) is 0 Å². The van der Waals surface area contributed by atoms with Crippen LogP contribution in [0.25, 0.3) is 0 Å². The van der Waals surface area contributed by atoms with E-state index in [0.717, 1.165) is 30.9 Å². The fraction of sp³-hybridized carbons (Fsp3) is 0.700. The molecule has 2 fully saturated rings. The molecule has 0 bridgehead atoms. The van der Waals surface area contributed by atoms with E-state index < -0.39 is 0 Å². The zero-order chi connectivity index (χ0) is 18.9. The highest BCUT2D eigenvalue weighted by atomic mass is 16.7. The lowest BCUT2D eigenvalue weighted by Gasteiger charge is -2.32. The van der Waals surface area contributed by atoms with Crippen molar-refractivity contribution >= 4 is 12.6 Å². The van der Waals surface area contributed by atoms with Gasteiger partial charge in [0.15, 0.2) is 0 Å². The van der Waals surface area contributed by atoms with Crippen molar-refractivity contribution in [1.29, 1.82) is 0 Å². The molecular weight excluding hydrogens is 329 g/mol. The summed E-state index contributed by atoms with van der Waals surface area (Å²) in [5.41, 5.74) is 1.54. The lowest BCUT2D eigenvalue weighted by molar-refractivity contribution is 0.00578. The second-order valence-corrected chi connectivity index (χ2v) is 8.35. The fourth-order valence-electron chi connectivity index (χ4n) is 3.31. The third-order valence-corrected chi connectivity index (χ3v) is 5.85. The van der Waals surface area contributed by atoms with Gasteiger partial charge in [-0.05, 0) is 52.1 Å². The molecule has 0 spiro atoms. The minimum atomic E-state index is -0.349. The maximum Gasteiger partial charge on any atom is 0.494 e. The van der Waals surface area contributed by atoms with Gasteiger partial charge in [0.1, 0.15) is 5.75 Å². The molecule has 6 heteroatoms. The molecule has 5 nitrogen and oxygen atoms in total. The molecule has 1 aromatic carbocycles. The van der Waals surface area contributed by atoms with Gasteiger partial charge in [0, 0.05) is 31.8 Å². The zero-order valence-corrected chi connectivity index (χ0v) is 17.0. The van der Waals surface area contributed by atoms with E-state index in [1.54, 1.807) is 14.2 Å². The van der Waals surface area contributed by atoms with E-state index >= 15 is 0 Å². The number of hydrogen-bond acceptors (Lipinski definition) is 5. The summed E-state index contributed by atoms with van der Waals surface area (Å²) in [4.78, 5) is 2.48. The lowest BCUT2D eigenvalue weighted by atomic mass is 9.78. The van der Waals surface area contributed by atoms with E-state index in [2.05, 4.69) is 38.7 Å². The molecule has 1 heterocycles. The quantitative estimate of drug-likeness (QED) is 0.666. The first-order chi connectivity index (χ1) is 12.3. The minimum absolute atomic E-state index is 0.337. The smallest absolute Gasteiger partial charge is 0.494 e. The van der Waals surface area contributed by atoms with Crippen LogP contribution in [0.3, 0.4) is 0 Å². The summed E-state index contributed by atoms with van der Waals surface area (Å²) in [5.74, 6) is 0.910. The molecule has 1 saturated carbocycles. The van der Waals surface area contributed by atoms with Gasteiger partial charge < -0.3 is 18.8 Å². The molecule has 0 atom stereocenters. The van der Waals surface area contributed by atoms with Crippen LogP contribution in [0.15, 0.2) is 18.2 Å². The predicted molar refractivity (Wildman–Crippen MR) is 104 cm³/mol. The highest BCUT2D eigenvalue weighted by Gasteiger charge is 2.51. The van der Waals surface area contributed by atoms with Crippen molar-refractivity contribution in [2.75, 3.05) is 27.4 Å². The van der Waals surface area contributed by atoms with Gasteiger partial charge >= 0.3 is 7.12 Å². The normalized spacial score (nSPS) is 21.4. The van der Waals surface area contributed by atoms with E-state index in [-0.39, 0.29) is 18.3 Å². The topological polar surface area (TPSA) is 40.2 Å². The zero-order valence-electron chi connectivity index (χ0n) is 17.0. The monoisotopic (exact) mass is 361 g/mol. The Bertz CT molecular complexity index is 614. The third-order valence-electron chi connectivity index (χ3n) is 5.85. The maximum absolute atomic E-state index is 6.21. The number of methoxy groups -OCH3 is 2. The summed E-state index contributed by atoms with van der Waals surface area (Å²) in [6.45, 7) is 10.9. The molecule has 2 aliphatic rings. The Kier molecular flexibility index (Phi) is 5.68. The van der Waals surface area contributed by atoms with Gasteiger partial charge in [-0.3, -0.25) is 4.90 Å². The molecule has 26 heavy (non-hydrogen) atoms. The van der Waals surface area contributed by atoms with Gasteiger partial charge in [-0.2, -0.15) is 0 Å². The van der Waals surface area contributed by atoms with E-state index in [4.69, 9.17) is 18.8 Å². The first kappa shape index (κ1) is 19.7. The minimum Gasteiger partial charge on any atom is -0.496 e. The van der Waals surface area contributed by atoms with Crippen LogP contribution in [0.2, 0.25) is 0 Å². The van der Waals surface area contributed by atoms with Crippen LogP contribution in [0.4, 0.5) is 0 Å². The Morgan fingerprint density at radius 2 is 1.77 bits per heavy atom. The Hall–Kier alpha value is -1.08. The molecule has 1 saturated heterocycles. The van der Waals surface area contributed by atoms with Gasteiger partial charge in [-0.1, -0.05) is 12.1 Å². The van der Waals surface area contributed by atoms with Crippen molar-refractivity contribution in [3.05, 3.63) is 23.8 Å². The van der Waals surface area contributed by atoms with E-state index in [1.807, 2.05) is 12.1 Å². The van der Waals surface area contributed by atoms with Crippen molar-refractivity contribution in [1.82, 2.24) is 4.90 Å². The number of hydrogen-bond donors (Lipinski definition) is 0.